The van der Waals surface area contributed by atoms with E-state index in [0.717, 1.165) is 66.1 Å². The van der Waals surface area contributed by atoms with E-state index in [-0.39, 0.29) is 11.5 Å². The van der Waals surface area contributed by atoms with Crippen LogP contribution >= 0.6 is 0 Å². The van der Waals surface area contributed by atoms with E-state index in [1.807, 2.05) is 72.8 Å². The molecule has 0 saturated heterocycles. The van der Waals surface area contributed by atoms with Gasteiger partial charge >= 0.3 is 0 Å². The third kappa shape index (κ3) is 4.74. The second-order valence-corrected chi connectivity index (χ2v) is 12.0. The molecule has 0 fully saturated rings. The molecule has 0 aliphatic carbocycles. The number of rotatable bonds is 6. The second kappa shape index (κ2) is 11.7. The van der Waals surface area contributed by atoms with Crippen molar-refractivity contribution in [2.75, 3.05) is 0 Å². The molecule has 0 aromatic heterocycles. The van der Waals surface area contributed by atoms with E-state index >= 15 is 0 Å². The maximum absolute atomic E-state index is 11.4. The van der Waals surface area contributed by atoms with E-state index in [1.165, 1.54) is 0 Å². The molecular formula is C45H32O2. The molecule has 8 aromatic rings. The molecule has 0 unspecified atom stereocenters. The van der Waals surface area contributed by atoms with E-state index in [2.05, 4.69) is 109 Å². The Balaban J connectivity index is 1.46. The Kier molecular flexibility index (Phi) is 7.04. The first kappa shape index (κ1) is 28.4. The zero-order valence-corrected chi connectivity index (χ0v) is 25.7. The average Bonchev–Trinajstić information content (AvgIpc) is 3.13. The number of fused-ring (bicyclic) bond motifs is 2. The Labute approximate surface area is 274 Å². The zero-order valence-electron chi connectivity index (χ0n) is 25.7. The first-order valence-electron chi connectivity index (χ1n) is 15.9. The summed E-state index contributed by atoms with van der Waals surface area (Å²) >= 11 is 0. The van der Waals surface area contributed by atoms with Crippen LogP contribution in [0.15, 0.2) is 182 Å². The lowest BCUT2D eigenvalue weighted by Crippen LogP contribution is -2.31. The maximum Gasteiger partial charge on any atom is 0.123 e. The number of hydrogen-bond donors (Lipinski definition) is 2. The molecule has 0 atom stereocenters. The zero-order chi connectivity index (χ0) is 31.8. The molecule has 0 spiro atoms. The summed E-state index contributed by atoms with van der Waals surface area (Å²) < 4.78 is 0. The summed E-state index contributed by atoms with van der Waals surface area (Å²) in [7, 11) is 0. The highest BCUT2D eigenvalue weighted by Gasteiger charge is 2.39. The number of aromatic hydroxyl groups is 2. The van der Waals surface area contributed by atoms with Crippen molar-refractivity contribution < 1.29 is 10.2 Å². The van der Waals surface area contributed by atoms with E-state index in [1.54, 1.807) is 0 Å². The van der Waals surface area contributed by atoms with Gasteiger partial charge in [0.15, 0.2) is 0 Å². The summed E-state index contributed by atoms with van der Waals surface area (Å²) in [6, 6.07) is 62.0. The second-order valence-electron chi connectivity index (χ2n) is 12.0. The van der Waals surface area contributed by atoms with Crippen molar-refractivity contribution in [3.63, 3.8) is 0 Å². The summed E-state index contributed by atoms with van der Waals surface area (Å²) in [6.07, 6.45) is 0. The predicted octanol–water partition coefficient (Wildman–Crippen LogP) is 11.1. The summed E-state index contributed by atoms with van der Waals surface area (Å²) in [4.78, 5) is 0. The van der Waals surface area contributed by atoms with Gasteiger partial charge in [-0.3, -0.25) is 0 Å². The van der Waals surface area contributed by atoms with Gasteiger partial charge in [-0.1, -0.05) is 158 Å². The summed E-state index contributed by atoms with van der Waals surface area (Å²) in [5, 5.41) is 27.2. The van der Waals surface area contributed by atoms with Crippen LogP contribution in [-0.4, -0.2) is 10.2 Å². The predicted molar refractivity (Wildman–Crippen MR) is 194 cm³/mol. The minimum absolute atomic E-state index is 0.224. The fourth-order valence-corrected chi connectivity index (χ4v) is 7.27. The topological polar surface area (TPSA) is 40.5 Å². The lowest BCUT2D eigenvalue weighted by atomic mass is 9.64. The van der Waals surface area contributed by atoms with Crippen molar-refractivity contribution in [1.82, 2.24) is 0 Å². The van der Waals surface area contributed by atoms with E-state index < -0.39 is 5.41 Å². The van der Waals surface area contributed by atoms with Gasteiger partial charge in [-0.2, -0.15) is 0 Å². The van der Waals surface area contributed by atoms with Crippen LogP contribution in [0.4, 0.5) is 0 Å². The highest BCUT2D eigenvalue weighted by molar-refractivity contribution is 5.99. The maximum atomic E-state index is 11.4. The third-order valence-electron chi connectivity index (χ3n) is 9.43. The lowest BCUT2D eigenvalue weighted by Gasteiger charge is -2.37. The molecule has 0 heterocycles. The molecule has 0 aliphatic heterocycles. The molecular weight excluding hydrogens is 572 g/mol. The molecule has 8 rings (SSSR count). The Morgan fingerprint density at radius 3 is 1.13 bits per heavy atom. The molecule has 0 saturated carbocycles. The number of phenolic OH excluding ortho intramolecular Hbond substituents is 2. The van der Waals surface area contributed by atoms with Crippen molar-refractivity contribution >= 4 is 21.5 Å². The molecule has 47 heavy (non-hydrogen) atoms. The minimum Gasteiger partial charge on any atom is -0.507 e. The molecule has 0 bridgehead atoms. The van der Waals surface area contributed by atoms with Gasteiger partial charge in [0, 0.05) is 11.1 Å². The number of hydrogen-bond acceptors (Lipinski definition) is 2. The van der Waals surface area contributed by atoms with Crippen LogP contribution in [0, 0.1) is 0 Å². The van der Waals surface area contributed by atoms with Crippen LogP contribution in [0.3, 0.4) is 0 Å². The van der Waals surface area contributed by atoms with E-state index in [4.69, 9.17) is 0 Å². The highest BCUT2D eigenvalue weighted by Crippen LogP contribution is 2.49. The quantitative estimate of drug-likeness (QED) is 0.185. The normalized spacial score (nSPS) is 11.6. The largest absolute Gasteiger partial charge is 0.507 e. The molecule has 2 heteroatoms. The number of benzene rings is 8. The molecule has 0 aliphatic rings. The average molecular weight is 605 g/mol. The molecule has 224 valence electrons. The smallest absolute Gasteiger partial charge is 0.123 e. The van der Waals surface area contributed by atoms with Gasteiger partial charge in [0.2, 0.25) is 0 Å². The SMILES string of the molecule is Oc1ccc(C(c2ccccc2)(c2ccccc2)c2ccc(O)c(-c3cccc4ccccc34)c2)cc1-c1cccc2ccccc12. The minimum atomic E-state index is -0.789. The Hall–Kier alpha value is -6.12. The van der Waals surface area contributed by atoms with Crippen molar-refractivity contribution in [2.45, 2.75) is 5.41 Å². The van der Waals surface area contributed by atoms with Gasteiger partial charge in [-0.05, 0) is 79.2 Å². The van der Waals surface area contributed by atoms with Gasteiger partial charge in [-0.15, -0.1) is 0 Å². The fourth-order valence-electron chi connectivity index (χ4n) is 7.27. The Morgan fingerprint density at radius 1 is 0.298 bits per heavy atom. The Morgan fingerprint density at radius 2 is 0.681 bits per heavy atom. The van der Waals surface area contributed by atoms with Crippen molar-refractivity contribution in [3.8, 4) is 33.8 Å². The highest BCUT2D eigenvalue weighted by atomic mass is 16.3. The van der Waals surface area contributed by atoms with Crippen LogP contribution < -0.4 is 0 Å². The van der Waals surface area contributed by atoms with Gasteiger partial charge < -0.3 is 10.2 Å². The van der Waals surface area contributed by atoms with E-state index in [9.17, 15) is 10.2 Å². The number of phenols is 2. The van der Waals surface area contributed by atoms with Crippen LogP contribution in [0.2, 0.25) is 0 Å². The molecule has 2 N–H and O–H groups in total. The third-order valence-corrected chi connectivity index (χ3v) is 9.43. The van der Waals surface area contributed by atoms with Crippen molar-refractivity contribution in [1.29, 1.82) is 0 Å². The summed E-state index contributed by atoms with van der Waals surface area (Å²) in [5.41, 5.74) is 6.86. The summed E-state index contributed by atoms with van der Waals surface area (Å²) in [5.74, 6) is 0.449. The van der Waals surface area contributed by atoms with Crippen molar-refractivity contribution in [2.24, 2.45) is 0 Å². The van der Waals surface area contributed by atoms with Crippen LogP contribution in [-0.2, 0) is 5.41 Å². The fraction of sp³-hybridized carbons (Fsp3) is 0.0222. The summed E-state index contributed by atoms with van der Waals surface area (Å²) in [6.45, 7) is 0. The molecule has 0 amide bonds. The monoisotopic (exact) mass is 604 g/mol. The van der Waals surface area contributed by atoms with Gasteiger partial charge in [-0.25, -0.2) is 0 Å². The molecule has 8 aromatic carbocycles. The van der Waals surface area contributed by atoms with Crippen molar-refractivity contribution in [3.05, 3.63) is 204 Å². The lowest BCUT2D eigenvalue weighted by molar-refractivity contribution is 0.477. The van der Waals surface area contributed by atoms with Gasteiger partial charge in [0.25, 0.3) is 0 Å². The first-order valence-corrected chi connectivity index (χ1v) is 15.9. The van der Waals surface area contributed by atoms with Crippen LogP contribution in [0.25, 0.3) is 43.8 Å². The molecule has 0 radical (unpaired) electrons. The van der Waals surface area contributed by atoms with Gasteiger partial charge in [0.05, 0.1) is 5.41 Å². The van der Waals surface area contributed by atoms with E-state index in [0.29, 0.717) is 0 Å². The van der Waals surface area contributed by atoms with Crippen LogP contribution in [0.5, 0.6) is 11.5 Å². The van der Waals surface area contributed by atoms with Gasteiger partial charge in [0.1, 0.15) is 11.5 Å². The first-order chi connectivity index (χ1) is 23.1. The standard InChI is InChI=1S/C45H32O2/c46-43-27-25-35(29-41(43)39-23-11-15-31-13-7-9-21-37(31)39)45(33-17-3-1-4-18-33,34-19-5-2-6-20-34)36-26-28-44(47)42(30-36)40-24-12-16-32-14-8-10-22-38(32)40/h1-30,46-47H. The Bertz CT molecular complexity index is 2190. The molecule has 2 nitrogen and oxygen atoms in total. The van der Waals surface area contributed by atoms with Crippen LogP contribution in [0.1, 0.15) is 22.3 Å².